The highest BCUT2D eigenvalue weighted by Gasteiger charge is 2.35. The molecule has 3 rings (SSSR count). The van der Waals surface area contributed by atoms with Gasteiger partial charge in [0.2, 0.25) is 5.91 Å². The fourth-order valence-corrected chi connectivity index (χ4v) is 6.54. The second kappa shape index (κ2) is 22.4. The Labute approximate surface area is 297 Å². The van der Waals surface area contributed by atoms with E-state index >= 15 is 0 Å². The van der Waals surface area contributed by atoms with Crippen molar-refractivity contribution in [1.82, 2.24) is 15.6 Å². The normalized spacial score (nSPS) is 19.9. The fourth-order valence-electron chi connectivity index (χ4n) is 6.54. The molecular formula is C37H61N5O8. The summed E-state index contributed by atoms with van der Waals surface area (Å²) in [6, 6.07) is 3.23. The average molecular weight is 704 g/mol. The number of carboxylic acid groups (broad SMARTS) is 1. The van der Waals surface area contributed by atoms with E-state index in [0.29, 0.717) is 63.5 Å². The van der Waals surface area contributed by atoms with Gasteiger partial charge in [-0.05, 0) is 94.4 Å². The second-order valence-corrected chi connectivity index (χ2v) is 13.5. The first-order valence-electron chi connectivity index (χ1n) is 18.4. The number of benzene rings is 1. The van der Waals surface area contributed by atoms with Gasteiger partial charge in [-0.15, -0.1) is 0 Å². The van der Waals surface area contributed by atoms with Crippen LogP contribution < -0.4 is 26.9 Å². The van der Waals surface area contributed by atoms with E-state index in [1.54, 1.807) is 18.3 Å². The number of hydrogen-bond acceptors (Lipinski definition) is 10. The maximum absolute atomic E-state index is 13.0. The summed E-state index contributed by atoms with van der Waals surface area (Å²) in [6.07, 6.45) is 10.5. The first kappa shape index (κ1) is 41.0. The maximum Gasteiger partial charge on any atom is 0.332 e. The van der Waals surface area contributed by atoms with Gasteiger partial charge in [-0.2, -0.15) is 0 Å². The van der Waals surface area contributed by atoms with Crippen molar-refractivity contribution in [2.75, 3.05) is 46.1 Å². The van der Waals surface area contributed by atoms with Crippen molar-refractivity contribution >= 4 is 17.8 Å². The van der Waals surface area contributed by atoms with Gasteiger partial charge < -0.3 is 45.4 Å². The lowest BCUT2D eigenvalue weighted by Gasteiger charge is -2.36. The van der Waals surface area contributed by atoms with Gasteiger partial charge in [0.25, 0.3) is 5.91 Å². The van der Waals surface area contributed by atoms with Gasteiger partial charge in [0.05, 0.1) is 18.8 Å². The summed E-state index contributed by atoms with van der Waals surface area (Å²) in [6.45, 7) is 9.23. The summed E-state index contributed by atoms with van der Waals surface area (Å²) in [5.41, 5.74) is 9.19. The molecule has 3 unspecified atom stereocenters. The number of carboxylic acids is 1. The molecule has 2 aliphatic rings. The van der Waals surface area contributed by atoms with E-state index in [-0.39, 0.29) is 36.7 Å². The summed E-state index contributed by atoms with van der Waals surface area (Å²) in [4.78, 5) is 37.6. The van der Waals surface area contributed by atoms with Crippen molar-refractivity contribution in [1.29, 1.82) is 0 Å². The number of nitrogens with zero attached hydrogens (tertiary/aromatic N) is 1. The lowest BCUT2D eigenvalue weighted by molar-refractivity contribution is -0.162. The molecule has 1 aliphatic heterocycles. The highest BCUT2D eigenvalue weighted by atomic mass is 16.5. The van der Waals surface area contributed by atoms with Gasteiger partial charge in [-0.3, -0.25) is 9.59 Å². The molecule has 1 aromatic rings. The van der Waals surface area contributed by atoms with Crippen LogP contribution in [-0.2, 0) is 23.8 Å². The second-order valence-electron chi connectivity index (χ2n) is 13.5. The van der Waals surface area contributed by atoms with Crippen molar-refractivity contribution in [3.05, 3.63) is 40.7 Å². The molecule has 13 heteroatoms. The number of aryl methyl sites for hydroxylation is 2. The molecule has 1 aliphatic carbocycles. The zero-order chi connectivity index (χ0) is 36.3. The zero-order valence-corrected chi connectivity index (χ0v) is 30.4. The topological polar surface area (TPSA) is 188 Å². The number of nitrogens with one attached hydrogen (secondary N) is 2. The van der Waals surface area contributed by atoms with Gasteiger partial charge in [0.15, 0.2) is 6.10 Å². The molecule has 13 nitrogen and oxygen atoms in total. The molecule has 0 radical (unpaired) electrons. The van der Waals surface area contributed by atoms with E-state index in [9.17, 15) is 19.5 Å². The summed E-state index contributed by atoms with van der Waals surface area (Å²) in [5, 5.41) is 16.8. The first-order chi connectivity index (χ1) is 24.1. The Kier molecular flexibility index (Phi) is 18.4. The van der Waals surface area contributed by atoms with Gasteiger partial charge in [0, 0.05) is 43.8 Å². The molecule has 1 saturated carbocycles. The minimum absolute atomic E-state index is 0.0828. The molecule has 1 saturated heterocycles. The number of unbranched alkanes of at least 4 members (excludes halogenated alkanes) is 1. The minimum atomic E-state index is -1.03. The summed E-state index contributed by atoms with van der Waals surface area (Å²) in [5.74, 6) is 5.58. The molecular weight excluding hydrogens is 642 g/mol. The van der Waals surface area contributed by atoms with E-state index in [1.165, 1.54) is 11.4 Å². The van der Waals surface area contributed by atoms with E-state index < -0.39 is 18.2 Å². The third-order valence-electron chi connectivity index (χ3n) is 9.23. The van der Waals surface area contributed by atoms with Crippen LogP contribution in [0.25, 0.3) is 0 Å². The van der Waals surface area contributed by atoms with Gasteiger partial charge in [-0.1, -0.05) is 32.6 Å². The number of nitrogens with two attached hydrogens (primary N) is 2. The minimum Gasteiger partial charge on any atom is -0.491 e. The number of carbonyl (C=O) groups is 3. The van der Waals surface area contributed by atoms with Crippen LogP contribution in [0, 0.1) is 19.8 Å². The molecule has 7 N–H and O–H groups in total. The van der Waals surface area contributed by atoms with Crippen molar-refractivity contribution in [3.63, 3.8) is 0 Å². The average Bonchev–Trinajstić information content (AvgIpc) is 3.09. The van der Waals surface area contributed by atoms with Crippen LogP contribution in [0.3, 0.4) is 0 Å². The largest absolute Gasteiger partial charge is 0.491 e. The maximum atomic E-state index is 13.0. The number of amides is 2. The third kappa shape index (κ3) is 14.5. The number of carbonyl (C=O) groups excluding carboxylic acids is 2. The van der Waals surface area contributed by atoms with Crippen LogP contribution in [0.4, 0.5) is 0 Å². The number of hydrazine groups is 1. The molecule has 0 spiro atoms. The smallest absolute Gasteiger partial charge is 0.332 e. The van der Waals surface area contributed by atoms with Gasteiger partial charge in [-0.25, -0.2) is 10.6 Å². The quantitative estimate of drug-likeness (QED) is 0.0665. The number of allylic oxidation sites excluding steroid dienone is 1. The van der Waals surface area contributed by atoms with Crippen molar-refractivity contribution in [2.45, 2.75) is 116 Å². The van der Waals surface area contributed by atoms with Crippen LogP contribution in [0.1, 0.15) is 105 Å². The lowest BCUT2D eigenvalue weighted by atomic mass is 9.87. The molecule has 2 fully saturated rings. The Hall–Kier alpha value is -3.39. The molecule has 1 heterocycles. The standard InChI is InChI=1S/C37H61N5O8/c1-4-5-17-47-18-10-19-48-20-21-49-35-26(2)22-29(23-27(35)3)36(44)40-16-9-13-32-31(14-15-33(50-32)37(45)46)41-34(43)25-42(39)24-30(38)28-11-7-6-8-12-28/h22-24,28,31-33H,4-21,25,38-39H2,1-3H3,(H,40,44)(H,41,43)(H,45,46)/b30-24-. The van der Waals surface area contributed by atoms with Gasteiger partial charge >= 0.3 is 5.97 Å². The first-order valence-corrected chi connectivity index (χ1v) is 18.4. The van der Waals surface area contributed by atoms with Crippen molar-refractivity contribution < 1.29 is 38.4 Å². The molecule has 3 atom stereocenters. The number of ether oxygens (including phenoxy) is 4. The van der Waals surface area contributed by atoms with E-state index in [1.807, 2.05) is 13.8 Å². The number of hydrogen-bond donors (Lipinski definition) is 5. The zero-order valence-electron chi connectivity index (χ0n) is 30.4. The van der Waals surface area contributed by atoms with E-state index in [0.717, 1.165) is 68.4 Å². The highest BCUT2D eigenvalue weighted by molar-refractivity contribution is 5.94. The SMILES string of the molecule is CCCCOCCCOCCOc1c(C)cc(C(=O)NCCCC2OC(C(=O)O)CCC2NC(=O)CN(N)/C=C(\N)C2CCCCC2)cc1C. The molecule has 0 aromatic heterocycles. The van der Waals surface area contributed by atoms with Crippen LogP contribution >= 0.6 is 0 Å². The Morgan fingerprint density at radius 3 is 2.32 bits per heavy atom. The summed E-state index contributed by atoms with van der Waals surface area (Å²) in [7, 11) is 0. The highest BCUT2D eigenvalue weighted by Crippen LogP contribution is 2.28. The number of rotatable bonds is 22. The van der Waals surface area contributed by atoms with Crippen LogP contribution in [0.5, 0.6) is 5.75 Å². The van der Waals surface area contributed by atoms with Gasteiger partial charge in [0.1, 0.15) is 18.9 Å². The van der Waals surface area contributed by atoms with E-state index in [2.05, 4.69) is 17.6 Å². The van der Waals surface area contributed by atoms with Crippen LogP contribution in [0.2, 0.25) is 0 Å². The Morgan fingerprint density at radius 2 is 1.64 bits per heavy atom. The fraction of sp³-hybridized carbons (Fsp3) is 0.703. The monoisotopic (exact) mass is 703 g/mol. The Morgan fingerprint density at radius 1 is 0.960 bits per heavy atom. The van der Waals surface area contributed by atoms with Crippen molar-refractivity contribution in [2.24, 2.45) is 17.5 Å². The number of aliphatic carboxylic acids is 1. The predicted octanol–water partition coefficient (Wildman–Crippen LogP) is 4.09. The Balaban J connectivity index is 1.42. The third-order valence-corrected chi connectivity index (χ3v) is 9.23. The van der Waals surface area contributed by atoms with Crippen LogP contribution in [-0.4, -0.2) is 92.3 Å². The van der Waals surface area contributed by atoms with E-state index in [4.69, 9.17) is 30.5 Å². The molecule has 0 bridgehead atoms. The van der Waals surface area contributed by atoms with Crippen LogP contribution in [0.15, 0.2) is 24.0 Å². The molecule has 282 valence electrons. The predicted molar refractivity (Wildman–Crippen MR) is 191 cm³/mol. The van der Waals surface area contributed by atoms with Crippen molar-refractivity contribution in [3.8, 4) is 5.75 Å². The summed E-state index contributed by atoms with van der Waals surface area (Å²) >= 11 is 0. The summed E-state index contributed by atoms with van der Waals surface area (Å²) < 4.78 is 23.0. The molecule has 1 aromatic carbocycles. The molecule has 2 amide bonds. The Bertz CT molecular complexity index is 1220. The lowest BCUT2D eigenvalue weighted by Crippen LogP contribution is -2.53. The molecule has 50 heavy (non-hydrogen) atoms.